The van der Waals surface area contributed by atoms with E-state index in [2.05, 4.69) is 26.3 Å². The first-order valence-corrected chi connectivity index (χ1v) is 11.0. The van der Waals surface area contributed by atoms with Gasteiger partial charge < -0.3 is 11.1 Å². The molecule has 3 rings (SSSR count). The van der Waals surface area contributed by atoms with Gasteiger partial charge >= 0.3 is 6.18 Å². The zero-order valence-electron chi connectivity index (χ0n) is 17.5. The SMILES string of the molecule is CC1=C(c2c(Br)cnn2C)CC(=S)C(C(=O)N[C@H](CN)Cc2ccccc2C(F)(F)F)=C1. The van der Waals surface area contributed by atoms with Gasteiger partial charge in [0, 0.05) is 30.9 Å². The predicted molar refractivity (Wildman–Crippen MR) is 125 cm³/mol. The molecule has 0 saturated heterocycles. The first-order chi connectivity index (χ1) is 15.0. The maximum Gasteiger partial charge on any atom is 0.416 e. The van der Waals surface area contributed by atoms with Crippen molar-refractivity contribution in [3.63, 3.8) is 0 Å². The van der Waals surface area contributed by atoms with Crippen molar-refractivity contribution >= 4 is 44.5 Å². The molecule has 32 heavy (non-hydrogen) atoms. The lowest BCUT2D eigenvalue weighted by Crippen LogP contribution is -2.43. The maximum absolute atomic E-state index is 13.3. The van der Waals surface area contributed by atoms with Crippen LogP contribution in [0.4, 0.5) is 13.2 Å². The highest BCUT2D eigenvalue weighted by Crippen LogP contribution is 2.34. The molecule has 1 aromatic carbocycles. The highest BCUT2D eigenvalue weighted by Gasteiger charge is 2.33. The third kappa shape index (κ3) is 5.19. The van der Waals surface area contributed by atoms with Crippen molar-refractivity contribution in [2.75, 3.05) is 6.54 Å². The van der Waals surface area contributed by atoms with E-state index in [9.17, 15) is 18.0 Å². The van der Waals surface area contributed by atoms with E-state index in [1.54, 1.807) is 17.0 Å². The highest BCUT2D eigenvalue weighted by atomic mass is 79.9. The van der Waals surface area contributed by atoms with Crippen LogP contribution in [-0.2, 0) is 24.4 Å². The number of rotatable bonds is 6. The minimum absolute atomic E-state index is 0.0139. The van der Waals surface area contributed by atoms with Crippen molar-refractivity contribution in [3.8, 4) is 0 Å². The van der Waals surface area contributed by atoms with E-state index in [1.165, 1.54) is 18.2 Å². The molecule has 1 aliphatic carbocycles. The Labute approximate surface area is 197 Å². The van der Waals surface area contributed by atoms with Crippen molar-refractivity contribution in [1.29, 1.82) is 0 Å². The van der Waals surface area contributed by atoms with Crippen molar-refractivity contribution in [2.45, 2.75) is 32.0 Å². The number of carbonyl (C=O) groups excluding carboxylic acids is 1. The number of alkyl halides is 3. The predicted octanol–water partition coefficient (Wildman–Crippen LogP) is 4.36. The summed E-state index contributed by atoms with van der Waals surface area (Å²) in [4.78, 5) is 13.4. The largest absolute Gasteiger partial charge is 0.416 e. The fraction of sp³-hybridized carbons (Fsp3) is 0.318. The van der Waals surface area contributed by atoms with Gasteiger partial charge in [-0.05, 0) is 58.1 Å². The number of hydrogen-bond acceptors (Lipinski definition) is 4. The molecule has 0 spiro atoms. The third-order valence-corrected chi connectivity index (χ3v) is 6.25. The summed E-state index contributed by atoms with van der Waals surface area (Å²) in [5.74, 6) is -0.447. The number of thiocarbonyl (C=S) groups is 1. The number of aromatic nitrogens is 2. The summed E-state index contributed by atoms with van der Waals surface area (Å²) in [6, 6.07) is 4.61. The zero-order valence-corrected chi connectivity index (χ0v) is 19.9. The molecule has 0 aliphatic heterocycles. The monoisotopic (exact) mass is 526 g/mol. The molecule has 0 saturated carbocycles. The van der Waals surface area contributed by atoms with Crippen LogP contribution in [0, 0.1) is 0 Å². The first-order valence-electron chi connectivity index (χ1n) is 9.81. The molecule has 0 unspecified atom stereocenters. The Kier molecular flexibility index (Phi) is 7.36. The van der Waals surface area contributed by atoms with Crippen molar-refractivity contribution < 1.29 is 18.0 Å². The zero-order chi connectivity index (χ0) is 23.6. The van der Waals surface area contributed by atoms with Crippen molar-refractivity contribution in [3.05, 3.63) is 69.0 Å². The van der Waals surface area contributed by atoms with Crippen LogP contribution in [0.1, 0.15) is 30.2 Å². The number of benzene rings is 1. The van der Waals surface area contributed by atoms with Crippen LogP contribution in [0.25, 0.3) is 5.57 Å². The van der Waals surface area contributed by atoms with E-state index in [1.807, 2.05) is 14.0 Å². The van der Waals surface area contributed by atoms with Crippen LogP contribution in [0.15, 0.2) is 52.2 Å². The Morgan fingerprint density at radius 1 is 1.38 bits per heavy atom. The topological polar surface area (TPSA) is 72.9 Å². The van der Waals surface area contributed by atoms with Gasteiger partial charge in [0.25, 0.3) is 5.91 Å². The van der Waals surface area contributed by atoms with Gasteiger partial charge in [-0.2, -0.15) is 18.3 Å². The second kappa shape index (κ2) is 9.68. The molecule has 170 valence electrons. The molecular weight excluding hydrogens is 505 g/mol. The molecule has 1 amide bonds. The molecule has 1 aliphatic rings. The molecule has 0 bridgehead atoms. The van der Waals surface area contributed by atoms with Crippen LogP contribution >= 0.6 is 28.1 Å². The fourth-order valence-electron chi connectivity index (χ4n) is 3.69. The van der Waals surface area contributed by atoms with E-state index < -0.39 is 23.7 Å². The summed E-state index contributed by atoms with van der Waals surface area (Å²) in [6.07, 6.45) is -0.753. The van der Waals surface area contributed by atoms with Gasteiger partial charge in [0.05, 0.1) is 27.5 Å². The number of carbonyl (C=O) groups is 1. The molecule has 10 heteroatoms. The van der Waals surface area contributed by atoms with Gasteiger partial charge in [-0.25, -0.2) is 0 Å². The number of nitrogens with two attached hydrogens (primary N) is 1. The van der Waals surface area contributed by atoms with Gasteiger partial charge in [-0.3, -0.25) is 9.48 Å². The second-order valence-electron chi connectivity index (χ2n) is 7.55. The van der Waals surface area contributed by atoms with Gasteiger partial charge in [0.1, 0.15) is 0 Å². The minimum Gasteiger partial charge on any atom is -0.348 e. The fourth-order valence-corrected chi connectivity index (χ4v) is 4.57. The number of hydrogen-bond donors (Lipinski definition) is 2. The molecule has 0 radical (unpaired) electrons. The standard InChI is InChI=1S/C22H22BrF3N4OS/c1-12-7-16(19(32)9-15(12)20-18(23)11-28-30(20)2)21(31)29-14(10-27)8-13-5-3-4-6-17(13)22(24,25)26/h3-7,11,14H,8-10,27H2,1-2H3,(H,29,31)/t14-/m0/s1. The Balaban J connectivity index is 1.82. The molecule has 1 aromatic heterocycles. The van der Waals surface area contributed by atoms with Gasteiger partial charge in [0.2, 0.25) is 0 Å². The number of nitrogens with zero attached hydrogens (tertiary/aromatic N) is 2. The number of halogens is 4. The van der Waals surface area contributed by atoms with Crippen LogP contribution in [0.2, 0.25) is 0 Å². The van der Waals surface area contributed by atoms with E-state index in [-0.39, 0.29) is 18.5 Å². The number of nitrogens with one attached hydrogen (secondary N) is 1. The molecule has 1 heterocycles. The number of amides is 1. The lowest BCUT2D eigenvalue weighted by atomic mass is 9.90. The van der Waals surface area contributed by atoms with E-state index in [4.69, 9.17) is 18.0 Å². The molecule has 5 nitrogen and oxygen atoms in total. The van der Waals surface area contributed by atoms with Gasteiger partial charge in [-0.15, -0.1) is 0 Å². The van der Waals surface area contributed by atoms with Crippen molar-refractivity contribution in [1.82, 2.24) is 15.1 Å². The summed E-state index contributed by atoms with van der Waals surface area (Å²) in [7, 11) is 1.82. The normalized spacial score (nSPS) is 15.6. The summed E-state index contributed by atoms with van der Waals surface area (Å²) in [5.41, 5.74) is 8.13. The van der Waals surface area contributed by atoms with Crippen LogP contribution in [0.3, 0.4) is 0 Å². The van der Waals surface area contributed by atoms with Crippen LogP contribution in [-0.4, -0.2) is 33.1 Å². The summed E-state index contributed by atoms with van der Waals surface area (Å²) < 4.78 is 42.5. The average Bonchev–Trinajstić information content (AvgIpc) is 3.06. The minimum atomic E-state index is -4.48. The summed E-state index contributed by atoms with van der Waals surface area (Å²) >= 11 is 8.98. The van der Waals surface area contributed by atoms with E-state index in [0.29, 0.717) is 16.9 Å². The first kappa shape index (κ1) is 24.3. The van der Waals surface area contributed by atoms with Crippen molar-refractivity contribution in [2.24, 2.45) is 12.8 Å². The van der Waals surface area contributed by atoms with Gasteiger partial charge in [-0.1, -0.05) is 30.4 Å². The Morgan fingerprint density at radius 2 is 2.06 bits per heavy atom. The maximum atomic E-state index is 13.3. The average molecular weight is 527 g/mol. The lowest BCUT2D eigenvalue weighted by molar-refractivity contribution is -0.138. The van der Waals surface area contributed by atoms with Crippen LogP contribution in [0.5, 0.6) is 0 Å². The quantitative estimate of drug-likeness (QED) is 0.548. The molecule has 0 fully saturated rings. The lowest BCUT2D eigenvalue weighted by Gasteiger charge is -2.23. The number of allylic oxidation sites excluding steroid dienone is 3. The Bertz CT molecular complexity index is 1100. The number of aryl methyl sites for hydroxylation is 1. The van der Waals surface area contributed by atoms with Gasteiger partial charge in [0.15, 0.2) is 0 Å². The smallest absolute Gasteiger partial charge is 0.348 e. The van der Waals surface area contributed by atoms with E-state index in [0.717, 1.165) is 27.4 Å². The molecule has 3 N–H and O–H groups in total. The Hall–Kier alpha value is -2.30. The Morgan fingerprint density at radius 3 is 2.66 bits per heavy atom. The molecular formula is C22H22BrF3N4OS. The molecule has 2 aromatic rings. The highest BCUT2D eigenvalue weighted by molar-refractivity contribution is 9.10. The summed E-state index contributed by atoms with van der Waals surface area (Å²) in [5, 5.41) is 6.97. The third-order valence-electron chi connectivity index (χ3n) is 5.31. The van der Waals surface area contributed by atoms with Crippen LogP contribution < -0.4 is 11.1 Å². The second-order valence-corrected chi connectivity index (χ2v) is 8.90. The summed E-state index contributed by atoms with van der Waals surface area (Å²) in [6.45, 7) is 1.86. The molecule has 1 atom stereocenters. The van der Waals surface area contributed by atoms with E-state index >= 15 is 0 Å².